The van der Waals surface area contributed by atoms with Crippen LogP contribution in [0.2, 0.25) is 0 Å². The fraction of sp³-hybridized carbons (Fsp3) is 0.545. The van der Waals surface area contributed by atoms with Gasteiger partial charge in [-0.2, -0.15) is 15.0 Å². The first-order valence-corrected chi connectivity index (χ1v) is 5.85. The van der Waals surface area contributed by atoms with Crippen LogP contribution in [0.4, 0.5) is 17.8 Å². The summed E-state index contributed by atoms with van der Waals surface area (Å²) < 4.78 is 0. The van der Waals surface area contributed by atoms with Crippen LogP contribution in [0.1, 0.15) is 20.3 Å². The number of terminal acetylenes is 1. The van der Waals surface area contributed by atoms with Gasteiger partial charge in [0.1, 0.15) is 0 Å². The first-order valence-electron chi connectivity index (χ1n) is 5.85. The van der Waals surface area contributed by atoms with E-state index in [9.17, 15) is 0 Å². The molecule has 0 amide bonds. The van der Waals surface area contributed by atoms with Gasteiger partial charge in [-0.05, 0) is 13.3 Å². The largest absolute Gasteiger partial charge is 0.354 e. The number of aromatic nitrogens is 3. The highest BCUT2D eigenvalue weighted by Gasteiger charge is 2.05. The van der Waals surface area contributed by atoms with Crippen LogP contribution in [0.3, 0.4) is 0 Å². The third-order valence-electron chi connectivity index (χ3n) is 1.82. The molecule has 1 heterocycles. The summed E-state index contributed by atoms with van der Waals surface area (Å²) in [6, 6.07) is 0. The Labute approximate surface area is 107 Å². The Morgan fingerprint density at radius 1 is 1.11 bits per heavy atom. The van der Waals surface area contributed by atoms with E-state index in [2.05, 4.69) is 43.9 Å². The van der Waals surface area contributed by atoms with Crippen LogP contribution < -0.4 is 16.1 Å². The Bertz CT molecular complexity index is 377. The normalized spacial score (nSPS) is 9.61. The third-order valence-corrected chi connectivity index (χ3v) is 1.82. The predicted octanol–water partition coefficient (Wildman–Crippen LogP) is 1.10. The molecular formula is C11H18N6O. The molecule has 7 nitrogen and oxygen atoms in total. The van der Waals surface area contributed by atoms with E-state index in [0.717, 1.165) is 13.0 Å². The number of rotatable bonds is 8. The van der Waals surface area contributed by atoms with Crippen molar-refractivity contribution in [1.82, 2.24) is 15.0 Å². The van der Waals surface area contributed by atoms with Crippen LogP contribution in [0, 0.1) is 12.3 Å². The number of anilines is 3. The monoisotopic (exact) mass is 250 g/mol. The molecule has 0 atom stereocenters. The van der Waals surface area contributed by atoms with Crippen molar-refractivity contribution in [2.45, 2.75) is 20.3 Å². The molecule has 1 rings (SSSR count). The zero-order valence-corrected chi connectivity index (χ0v) is 10.7. The molecule has 1 aromatic heterocycles. The summed E-state index contributed by atoms with van der Waals surface area (Å²) in [6.07, 6.45) is 6.15. The molecule has 0 spiro atoms. The van der Waals surface area contributed by atoms with Gasteiger partial charge in [-0.3, -0.25) is 4.84 Å². The van der Waals surface area contributed by atoms with E-state index in [1.807, 2.05) is 6.92 Å². The summed E-state index contributed by atoms with van der Waals surface area (Å²) in [7, 11) is 0. The van der Waals surface area contributed by atoms with Crippen molar-refractivity contribution >= 4 is 17.8 Å². The number of hydrogen-bond donors (Lipinski definition) is 3. The van der Waals surface area contributed by atoms with E-state index in [1.54, 1.807) is 0 Å². The topological polar surface area (TPSA) is 84.0 Å². The standard InChI is InChI=1S/C11H18N6O/c1-4-7-12-9-14-10(13-8-5-2)16-11(15-9)17-18-6-3/h1H,5-8H2,2-3H3,(H3,12,13,14,15,16,17). The van der Waals surface area contributed by atoms with Crippen molar-refractivity contribution in [2.24, 2.45) is 0 Å². The zero-order valence-electron chi connectivity index (χ0n) is 10.7. The summed E-state index contributed by atoms with van der Waals surface area (Å²) in [6.45, 7) is 5.57. The van der Waals surface area contributed by atoms with Gasteiger partial charge in [-0.15, -0.1) is 6.42 Å². The first kappa shape index (κ1) is 14.0. The molecule has 0 unspecified atom stereocenters. The van der Waals surface area contributed by atoms with Gasteiger partial charge in [0.25, 0.3) is 5.95 Å². The van der Waals surface area contributed by atoms with Gasteiger partial charge >= 0.3 is 0 Å². The van der Waals surface area contributed by atoms with Gasteiger partial charge in [-0.25, -0.2) is 5.48 Å². The highest BCUT2D eigenvalue weighted by Crippen LogP contribution is 2.09. The molecule has 0 saturated heterocycles. The molecule has 18 heavy (non-hydrogen) atoms. The number of nitrogens with zero attached hydrogens (tertiary/aromatic N) is 3. The molecule has 0 aliphatic carbocycles. The highest BCUT2D eigenvalue weighted by molar-refractivity contribution is 5.41. The van der Waals surface area contributed by atoms with E-state index >= 15 is 0 Å². The Balaban J connectivity index is 2.78. The fourth-order valence-electron chi connectivity index (χ4n) is 1.08. The molecule has 0 aromatic carbocycles. The molecule has 0 bridgehead atoms. The van der Waals surface area contributed by atoms with Crippen molar-refractivity contribution in [2.75, 3.05) is 35.8 Å². The quantitative estimate of drug-likeness (QED) is 0.470. The second kappa shape index (κ2) is 8.08. The zero-order chi connectivity index (χ0) is 13.2. The van der Waals surface area contributed by atoms with Gasteiger partial charge in [0.2, 0.25) is 11.9 Å². The predicted molar refractivity (Wildman–Crippen MR) is 71.2 cm³/mol. The molecular weight excluding hydrogens is 232 g/mol. The van der Waals surface area contributed by atoms with Gasteiger partial charge in [0, 0.05) is 6.54 Å². The van der Waals surface area contributed by atoms with Gasteiger partial charge in [0.05, 0.1) is 13.2 Å². The van der Waals surface area contributed by atoms with E-state index in [4.69, 9.17) is 11.3 Å². The average molecular weight is 250 g/mol. The Hall–Kier alpha value is -2.07. The van der Waals surface area contributed by atoms with E-state index in [1.165, 1.54) is 0 Å². The lowest BCUT2D eigenvalue weighted by Crippen LogP contribution is -2.13. The van der Waals surface area contributed by atoms with Crippen molar-refractivity contribution in [3.8, 4) is 12.3 Å². The van der Waals surface area contributed by atoms with Gasteiger partial charge in [-0.1, -0.05) is 12.8 Å². The fourth-order valence-corrected chi connectivity index (χ4v) is 1.08. The Morgan fingerprint density at radius 3 is 2.39 bits per heavy atom. The maximum absolute atomic E-state index is 5.17. The minimum Gasteiger partial charge on any atom is -0.354 e. The molecule has 0 radical (unpaired) electrons. The van der Waals surface area contributed by atoms with E-state index in [-0.39, 0.29) is 0 Å². The summed E-state index contributed by atoms with van der Waals surface area (Å²) in [5.41, 5.74) is 2.63. The molecule has 0 fully saturated rings. The minimum atomic E-state index is 0.338. The molecule has 0 saturated carbocycles. The average Bonchev–Trinajstić information content (AvgIpc) is 2.40. The molecule has 1 aromatic rings. The third kappa shape index (κ3) is 4.84. The van der Waals surface area contributed by atoms with E-state index in [0.29, 0.717) is 31.0 Å². The summed E-state index contributed by atoms with van der Waals surface area (Å²) in [5, 5.41) is 5.97. The first-order chi connectivity index (χ1) is 8.80. The maximum Gasteiger partial charge on any atom is 0.253 e. The molecule has 98 valence electrons. The lowest BCUT2D eigenvalue weighted by atomic mass is 10.5. The van der Waals surface area contributed by atoms with Crippen LogP contribution in [0.5, 0.6) is 0 Å². The second-order valence-corrected chi connectivity index (χ2v) is 3.33. The van der Waals surface area contributed by atoms with Crippen LogP contribution in [0.25, 0.3) is 0 Å². The maximum atomic E-state index is 5.17. The minimum absolute atomic E-state index is 0.338. The van der Waals surface area contributed by atoms with Crippen molar-refractivity contribution in [3.63, 3.8) is 0 Å². The van der Waals surface area contributed by atoms with Crippen LogP contribution in [-0.2, 0) is 4.84 Å². The van der Waals surface area contributed by atoms with Gasteiger partial charge in [0.15, 0.2) is 0 Å². The highest BCUT2D eigenvalue weighted by atomic mass is 16.6. The van der Waals surface area contributed by atoms with Crippen LogP contribution >= 0.6 is 0 Å². The van der Waals surface area contributed by atoms with Crippen molar-refractivity contribution < 1.29 is 4.84 Å². The number of nitrogens with one attached hydrogen (secondary N) is 3. The SMILES string of the molecule is C#CCNc1nc(NCCC)nc(NOCC)n1. The summed E-state index contributed by atoms with van der Waals surface area (Å²) in [4.78, 5) is 17.5. The lowest BCUT2D eigenvalue weighted by Gasteiger charge is -2.09. The molecule has 7 heteroatoms. The van der Waals surface area contributed by atoms with E-state index < -0.39 is 0 Å². The van der Waals surface area contributed by atoms with Crippen LogP contribution in [0.15, 0.2) is 0 Å². The summed E-state index contributed by atoms with van der Waals surface area (Å²) >= 11 is 0. The second-order valence-electron chi connectivity index (χ2n) is 3.33. The van der Waals surface area contributed by atoms with Crippen LogP contribution in [-0.4, -0.2) is 34.6 Å². The van der Waals surface area contributed by atoms with Crippen molar-refractivity contribution in [1.29, 1.82) is 0 Å². The molecule has 3 N–H and O–H groups in total. The van der Waals surface area contributed by atoms with Crippen molar-refractivity contribution in [3.05, 3.63) is 0 Å². The molecule has 0 aliphatic rings. The summed E-state index contributed by atoms with van der Waals surface area (Å²) in [5.74, 6) is 3.68. The molecule has 0 aliphatic heterocycles. The Morgan fingerprint density at radius 2 is 1.78 bits per heavy atom. The lowest BCUT2D eigenvalue weighted by molar-refractivity contribution is 0.207. The Kier molecular flexibility index (Phi) is 6.28. The smallest absolute Gasteiger partial charge is 0.253 e. The number of hydrogen-bond acceptors (Lipinski definition) is 7. The van der Waals surface area contributed by atoms with Gasteiger partial charge < -0.3 is 10.6 Å².